The monoisotopic (exact) mass is 396 g/mol. The van der Waals surface area contributed by atoms with Crippen molar-refractivity contribution >= 4 is 17.5 Å². The summed E-state index contributed by atoms with van der Waals surface area (Å²) in [4.78, 5) is 25.1. The Morgan fingerprint density at radius 2 is 1.90 bits per heavy atom. The standard InChI is InChI=1S/C23H28N2O4/c1-15(2)21(16-9-11-19(28-3)12-10-16)25-22(26)17-6-4-7-18(14-17)24-23(27)20-8-5-13-29-20/h4,6-7,9-12,14-15,20-21H,5,8,13H2,1-3H3,(H,24,27)(H,25,26). The number of methoxy groups -OCH3 is 1. The van der Waals surface area contributed by atoms with Crippen molar-refractivity contribution in [3.63, 3.8) is 0 Å². The maximum atomic E-state index is 12.9. The van der Waals surface area contributed by atoms with Gasteiger partial charge < -0.3 is 20.1 Å². The third-order valence-corrected chi connectivity index (χ3v) is 5.04. The summed E-state index contributed by atoms with van der Waals surface area (Å²) in [5, 5.41) is 5.95. The minimum atomic E-state index is -0.409. The van der Waals surface area contributed by atoms with Gasteiger partial charge in [-0.3, -0.25) is 9.59 Å². The highest BCUT2D eigenvalue weighted by atomic mass is 16.5. The van der Waals surface area contributed by atoms with Gasteiger partial charge in [-0.2, -0.15) is 0 Å². The Balaban J connectivity index is 1.70. The van der Waals surface area contributed by atoms with E-state index in [0.717, 1.165) is 24.2 Å². The van der Waals surface area contributed by atoms with Crippen molar-refractivity contribution < 1.29 is 19.1 Å². The summed E-state index contributed by atoms with van der Waals surface area (Å²) in [5.74, 6) is 0.623. The first kappa shape index (κ1) is 20.9. The normalized spacial score (nSPS) is 17.0. The van der Waals surface area contributed by atoms with Crippen LogP contribution in [0.15, 0.2) is 48.5 Å². The Morgan fingerprint density at radius 3 is 2.52 bits per heavy atom. The Bertz CT molecular complexity index is 842. The highest BCUT2D eigenvalue weighted by Crippen LogP contribution is 2.25. The van der Waals surface area contributed by atoms with Crippen molar-refractivity contribution in [2.24, 2.45) is 5.92 Å². The largest absolute Gasteiger partial charge is 0.497 e. The molecular weight excluding hydrogens is 368 g/mol. The van der Waals surface area contributed by atoms with E-state index in [2.05, 4.69) is 24.5 Å². The number of amides is 2. The molecule has 0 aliphatic carbocycles. The average molecular weight is 396 g/mol. The van der Waals surface area contributed by atoms with Crippen LogP contribution in [-0.4, -0.2) is 31.6 Å². The summed E-state index contributed by atoms with van der Waals surface area (Å²) in [7, 11) is 1.63. The van der Waals surface area contributed by atoms with Gasteiger partial charge in [0, 0.05) is 17.9 Å². The predicted molar refractivity (Wildman–Crippen MR) is 112 cm³/mol. The summed E-state index contributed by atoms with van der Waals surface area (Å²) in [6, 6.07) is 14.5. The summed E-state index contributed by atoms with van der Waals surface area (Å²) in [5.41, 5.74) is 2.09. The van der Waals surface area contributed by atoms with Gasteiger partial charge in [0.2, 0.25) is 0 Å². The minimum Gasteiger partial charge on any atom is -0.497 e. The molecule has 2 atom stereocenters. The molecule has 1 aliphatic heterocycles. The van der Waals surface area contributed by atoms with Gasteiger partial charge in [-0.1, -0.05) is 32.0 Å². The first-order valence-corrected chi connectivity index (χ1v) is 9.95. The van der Waals surface area contributed by atoms with Gasteiger partial charge in [-0.05, 0) is 54.7 Å². The molecule has 0 spiro atoms. The second kappa shape index (κ2) is 9.56. The second-order valence-electron chi connectivity index (χ2n) is 7.54. The first-order chi connectivity index (χ1) is 14.0. The third-order valence-electron chi connectivity index (χ3n) is 5.04. The van der Waals surface area contributed by atoms with Gasteiger partial charge >= 0.3 is 0 Å². The van der Waals surface area contributed by atoms with E-state index >= 15 is 0 Å². The van der Waals surface area contributed by atoms with E-state index in [4.69, 9.17) is 9.47 Å². The van der Waals surface area contributed by atoms with Crippen LogP contribution in [0.3, 0.4) is 0 Å². The molecule has 2 aromatic rings. The van der Waals surface area contributed by atoms with E-state index in [1.54, 1.807) is 31.4 Å². The lowest BCUT2D eigenvalue weighted by molar-refractivity contribution is -0.124. The SMILES string of the molecule is COc1ccc(C(NC(=O)c2cccc(NC(=O)C3CCCO3)c2)C(C)C)cc1. The average Bonchev–Trinajstić information content (AvgIpc) is 3.27. The van der Waals surface area contributed by atoms with Crippen molar-refractivity contribution in [3.05, 3.63) is 59.7 Å². The Labute approximate surface area is 171 Å². The summed E-state index contributed by atoms with van der Waals surface area (Å²) in [6.45, 7) is 4.74. The highest BCUT2D eigenvalue weighted by Gasteiger charge is 2.24. The topological polar surface area (TPSA) is 76.7 Å². The molecular formula is C23H28N2O4. The van der Waals surface area contributed by atoms with Crippen LogP contribution in [0.25, 0.3) is 0 Å². The van der Waals surface area contributed by atoms with Crippen LogP contribution in [0.1, 0.15) is 48.7 Å². The van der Waals surface area contributed by atoms with Crippen LogP contribution in [0.2, 0.25) is 0 Å². The number of ether oxygens (including phenoxy) is 2. The number of hydrogen-bond donors (Lipinski definition) is 2. The highest BCUT2D eigenvalue weighted by molar-refractivity contribution is 5.98. The second-order valence-corrected chi connectivity index (χ2v) is 7.54. The fourth-order valence-corrected chi connectivity index (χ4v) is 3.42. The van der Waals surface area contributed by atoms with Crippen molar-refractivity contribution in [3.8, 4) is 5.75 Å². The lowest BCUT2D eigenvalue weighted by Crippen LogP contribution is -2.32. The number of nitrogens with one attached hydrogen (secondary N) is 2. The molecule has 2 aromatic carbocycles. The van der Waals surface area contributed by atoms with Crippen LogP contribution in [0.4, 0.5) is 5.69 Å². The zero-order chi connectivity index (χ0) is 20.8. The number of benzene rings is 2. The first-order valence-electron chi connectivity index (χ1n) is 9.95. The van der Waals surface area contributed by atoms with Crippen LogP contribution >= 0.6 is 0 Å². The van der Waals surface area contributed by atoms with Crippen molar-refractivity contribution in [2.45, 2.75) is 38.8 Å². The maximum absolute atomic E-state index is 12.9. The van der Waals surface area contributed by atoms with E-state index < -0.39 is 6.10 Å². The maximum Gasteiger partial charge on any atom is 0.253 e. The van der Waals surface area contributed by atoms with Gasteiger partial charge in [0.1, 0.15) is 11.9 Å². The van der Waals surface area contributed by atoms with Crippen LogP contribution in [0, 0.1) is 5.92 Å². The molecule has 1 heterocycles. The van der Waals surface area contributed by atoms with E-state index in [1.807, 2.05) is 24.3 Å². The quantitative estimate of drug-likeness (QED) is 0.743. The van der Waals surface area contributed by atoms with E-state index in [9.17, 15) is 9.59 Å². The molecule has 1 aliphatic rings. The van der Waals surface area contributed by atoms with Crippen molar-refractivity contribution in [1.29, 1.82) is 0 Å². The molecule has 0 saturated carbocycles. The molecule has 0 radical (unpaired) electrons. The fraction of sp³-hybridized carbons (Fsp3) is 0.391. The fourth-order valence-electron chi connectivity index (χ4n) is 3.42. The summed E-state index contributed by atoms with van der Waals surface area (Å²) < 4.78 is 10.6. The minimum absolute atomic E-state index is 0.140. The Kier molecular flexibility index (Phi) is 6.88. The summed E-state index contributed by atoms with van der Waals surface area (Å²) >= 11 is 0. The number of anilines is 1. The molecule has 3 rings (SSSR count). The number of hydrogen-bond acceptors (Lipinski definition) is 4. The van der Waals surface area contributed by atoms with Gasteiger partial charge in [0.05, 0.1) is 13.2 Å². The van der Waals surface area contributed by atoms with E-state index in [1.165, 1.54) is 0 Å². The van der Waals surface area contributed by atoms with E-state index in [-0.39, 0.29) is 23.8 Å². The number of carbonyl (C=O) groups is 2. The lowest BCUT2D eigenvalue weighted by atomic mass is 9.95. The molecule has 2 N–H and O–H groups in total. The van der Waals surface area contributed by atoms with E-state index in [0.29, 0.717) is 17.9 Å². The molecule has 154 valence electrons. The van der Waals surface area contributed by atoms with Crippen LogP contribution in [-0.2, 0) is 9.53 Å². The van der Waals surface area contributed by atoms with Crippen molar-refractivity contribution in [1.82, 2.24) is 5.32 Å². The number of rotatable bonds is 7. The van der Waals surface area contributed by atoms with Gasteiger partial charge in [-0.25, -0.2) is 0 Å². The zero-order valence-electron chi connectivity index (χ0n) is 17.1. The predicted octanol–water partition coefficient (Wildman–Crippen LogP) is 3.94. The molecule has 6 nitrogen and oxygen atoms in total. The zero-order valence-corrected chi connectivity index (χ0v) is 17.1. The molecule has 1 saturated heterocycles. The van der Waals surface area contributed by atoms with Crippen LogP contribution < -0.4 is 15.4 Å². The van der Waals surface area contributed by atoms with Gasteiger partial charge in [0.15, 0.2) is 0 Å². The molecule has 0 bridgehead atoms. The molecule has 0 aromatic heterocycles. The molecule has 29 heavy (non-hydrogen) atoms. The van der Waals surface area contributed by atoms with Gasteiger partial charge in [0.25, 0.3) is 11.8 Å². The third kappa shape index (κ3) is 5.35. The lowest BCUT2D eigenvalue weighted by Gasteiger charge is -2.23. The smallest absolute Gasteiger partial charge is 0.253 e. The molecule has 2 unspecified atom stereocenters. The Hall–Kier alpha value is -2.86. The number of carbonyl (C=O) groups excluding carboxylic acids is 2. The summed E-state index contributed by atoms with van der Waals surface area (Å²) in [6.07, 6.45) is 1.21. The van der Waals surface area contributed by atoms with Gasteiger partial charge in [-0.15, -0.1) is 0 Å². The van der Waals surface area contributed by atoms with Crippen LogP contribution in [0.5, 0.6) is 5.75 Å². The molecule has 1 fully saturated rings. The molecule has 6 heteroatoms. The Morgan fingerprint density at radius 1 is 1.14 bits per heavy atom. The van der Waals surface area contributed by atoms with Crippen molar-refractivity contribution in [2.75, 3.05) is 19.0 Å². The molecule has 2 amide bonds.